The van der Waals surface area contributed by atoms with E-state index in [-0.39, 0.29) is 17.1 Å². The molecule has 1 fully saturated rings. The Bertz CT molecular complexity index is 900. The summed E-state index contributed by atoms with van der Waals surface area (Å²) in [5, 5.41) is 2.71. The first-order valence-electron chi connectivity index (χ1n) is 9.28. The van der Waals surface area contributed by atoms with Crippen LogP contribution in [0.25, 0.3) is 6.08 Å². The summed E-state index contributed by atoms with van der Waals surface area (Å²) >= 11 is 0. The zero-order valence-corrected chi connectivity index (χ0v) is 15.9. The van der Waals surface area contributed by atoms with Crippen LogP contribution in [0.1, 0.15) is 18.4 Å². The normalized spacial score (nSPS) is 14.0. The van der Waals surface area contributed by atoms with E-state index >= 15 is 0 Å². The van der Waals surface area contributed by atoms with E-state index in [2.05, 4.69) is 19.7 Å². The van der Waals surface area contributed by atoms with Gasteiger partial charge in [-0.05, 0) is 49.2 Å². The van der Waals surface area contributed by atoms with Crippen molar-refractivity contribution in [3.8, 4) is 11.5 Å². The van der Waals surface area contributed by atoms with Crippen LogP contribution in [0.4, 0.5) is 28.9 Å². The van der Waals surface area contributed by atoms with Crippen LogP contribution in [0.3, 0.4) is 0 Å². The highest BCUT2D eigenvalue weighted by molar-refractivity contribution is 6.02. The zero-order valence-electron chi connectivity index (χ0n) is 15.9. The number of carbonyl (C=O) groups excluding carboxylic acids is 1. The molecule has 2 aromatic rings. The third kappa shape index (κ3) is 6.13. The summed E-state index contributed by atoms with van der Waals surface area (Å²) < 4.78 is 58.4. The molecular weight excluding hydrogens is 404 g/mol. The number of anilines is 2. The first-order chi connectivity index (χ1) is 14.4. The molecule has 0 aromatic heterocycles. The van der Waals surface area contributed by atoms with Gasteiger partial charge in [0.1, 0.15) is 11.5 Å². The van der Waals surface area contributed by atoms with Crippen LogP contribution in [0.2, 0.25) is 0 Å². The van der Waals surface area contributed by atoms with Gasteiger partial charge in [-0.2, -0.15) is 17.6 Å². The van der Waals surface area contributed by atoms with Crippen molar-refractivity contribution in [1.82, 2.24) is 0 Å². The summed E-state index contributed by atoms with van der Waals surface area (Å²) in [6.45, 7) is -4.33. The number of benzene rings is 2. The smallest absolute Gasteiger partial charge is 0.387 e. The quantitative estimate of drug-likeness (QED) is 0.471. The molecule has 1 N–H and O–H groups in total. The second-order valence-electron chi connectivity index (χ2n) is 6.52. The Labute approximate surface area is 170 Å². The molecule has 0 aliphatic carbocycles. The van der Waals surface area contributed by atoms with Gasteiger partial charge in [-0.3, -0.25) is 4.79 Å². The average molecular weight is 424 g/mol. The first-order valence-corrected chi connectivity index (χ1v) is 9.28. The largest absolute Gasteiger partial charge is 0.435 e. The van der Waals surface area contributed by atoms with Crippen molar-refractivity contribution in [2.75, 3.05) is 23.3 Å². The van der Waals surface area contributed by atoms with Crippen LogP contribution < -0.4 is 19.7 Å². The molecular formula is C21H20F4N2O3. The number of alkyl halides is 4. The van der Waals surface area contributed by atoms with Crippen LogP contribution in [0.5, 0.6) is 11.5 Å². The number of amides is 1. The highest BCUT2D eigenvalue weighted by atomic mass is 19.3. The monoisotopic (exact) mass is 424 g/mol. The van der Waals surface area contributed by atoms with Gasteiger partial charge in [-0.15, -0.1) is 0 Å². The van der Waals surface area contributed by atoms with E-state index in [1.807, 2.05) is 18.2 Å². The van der Waals surface area contributed by atoms with E-state index in [4.69, 9.17) is 0 Å². The fourth-order valence-electron chi connectivity index (χ4n) is 3.13. The van der Waals surface area contributed by atoms with Gasteiger partial charge >= 0.3 is 13.2 Å². The third-order valence-electron chi connectivity index (χ3n) is 4.43. The first kappa shape index (κ1) is 21.5. The maximum Gasteiger partial charge on any atom is 0.387 e. The molecule has 1 aliphatic rings. The number of nitrogens with zero attached hydrogens (tertiary/aromatic N) is 1. The highest BCUT2D eigenvalue weighted by Gasteiger charge is 2.14. The maximum absolute atomic E-state index is 12.6. The lowest BCUT2D eigenvalue weighted by molar-refractivity contribution is -0.111. The van der Waals surface area contributed by atoms with Crippen molar-refractivity contribution in [2.45, 2.75) is 26.1 Å². The highest BCUT2D eigenvalue weighted by Crippen LogP contribution is 2.29. The average Bonchev–Trinajstić information content (AvgIpc) is 3.21. The Kier molecular flexibility index (Phi) is 7.16. The fourth-order valence-corrected chi connectivity index (χ4v) is 3.13. The molecule has 0 unspecified atom stereocenters. The Balaban J connectivity index is 1.70. The molecule has 160 valence electrons. The summed E-state index contributed by atoms with van der Waals surface area (Å²) in [5.74, 6) is -1.20. The van der Waals surface area contributed by atoms with Crippen molar-refractivity contribution in [3.05, 3.63) is 54.1 Å². The number of carbonyl (C=O) groups is 1. The number of nitrogens with one attached hydrogen (secondary N) is 1. The van der Waals surface area contributed by atoms with Gasteiger partial charge in [-0.25, -0.2) is 0 Å². The minimum atomic E-state index is -3.17. The molecule has 1 heterocycles. The molecule has 2 aromatic carbocycles. The van der Waals surface area contributed by atoms with Gasteiger partial charge in [0.15, 0.2) is 0 Å². The molecule has 5 nitrogen and oxygen atoms in total. The molecule has 0 spiro atoms. The van der Waals surface area contributed by atoms with Gasteiger partial charge in [0.05, 0.1) is 0 Å². The van der Waals surface area contributed by atoms with Gasteiger partial charge < -0.3 is 19.7 Å². The minimum absolute atomic E-state index is 0.109. The number of hydrogen-bond donors (Lipinski definition) is 1. The Morgan fingerprint density at radius 2 is 1.73 bits per heavy atom. The number of rotatable bonds is 8. The Hall–Kier alpha value is -3.23. The molecule has 1 aliphatic heterocycles. The Morgan fingerprint density at radius 3 is 2.43 bits per heavy atom. The predicted octanol–water partition coefficient (Wildman–Crippen LogP) is 5.14. The van der Waals surface area contributed by atoms with Crippen molar-refractivity contribution >= 4 is 23.4 Å². The lowest BCUT2D eigenvalue weighted by Gasteiger charge is -2.18. The number of halogens is 4. The lowest BCUT2D eigenvalue weighted by atomic mass is 10.1. The van der Waals surface area contributed by atoms with Gasteiger partial charge in [0.25, 0.3) is 0 Å². The van der Waals surface area contributed by atoms with E-state index in [1.54, 1.807) is 6.07 Å². The standard InChI is InChI=1S/C21H20F4N2O3/c22-20(23)29-17-8-6-14(18(13-17)30-21(24)25)7-9-19(28)26-15-4-3-5-16(12-15)27-10-1-2-11-27/h3-9,12-13,20-21H,1-2,10-11H2,(H,26,28)/b9-7+. The summed E-state index contributed by atoms with van der Waals surface area (Å²) in [6.07, 6.45) is 4.65. The molecule has 9 heteroatoms. The van der Waals surface area contributed by atoms with Crippen LogP contribution in [-0.2, 0) is 4.79 Å². The van der Waals surface area contributed by atoms with E-state index in [0.717, 1.165) is 43.8 Å². The summed E-state index contributed by atoms with van der Waals surface area (Å²) in [7, 11) is 0. The topological polar surface area (TPSA) is 50.8 Å². The van der Waals surface area contributed by atoms with Crippen LogP contribution in [0.15, 0.2) is 48.5 Å². The molecule has 1 saturated heterocycles. The molecule has 30 heavy (non-hydrogen) atoms. The summed E-state index contributed by atoms with van der Waals surface area (Å²) in [5.41, 5.74) is 1.72. The lowest BCUT2D eigenvalue weighted by Crippen LogP contribution is -2.17. The van der Waals surface area contributed by atoms with Crippen LogP contribution >= 0.6 is 0 Å². The van der Waals surface area contributed by atoms with Crippen molar-refractivity contribution in [2.24, 2.45) is 0 Å². The summed E-state index contributed by atoms with van der Waals surface area (Å²) in [6, 6.07) is 10.7. The zero-order chi connectivity index (χ0) is 21.5. The molecule has 0 bridgehead atoms. The van der Waals surface area contributed by atoms with Crippen molar-refractivity contribution in [3.63, 3.8) is 0 Å². The predicted molar refractivity (Wildman–Crippen MR) is 105 cm³/mol. The number of hydrogen-bond acceptors (Lipinski definition) is 4. The van der Waals surface area contributed by atoms with E-state index in [1.165, 1.54) is 18.2 Å². The van der Waals surface area contributed by atoms with E-state index in [9.17, 15) is 22.4 Å². The molecule has 3 rings (SSSR count). The Morgan fingerprint density at radius 1 is 1.00 bits per heavy atom. The molecule has 0 radical (unpaired) electrons. The van der Waals surface area contributed by atoms with E-state index < -0.39 is 19.1 Å². The van der Waals surface area contributed by atoms with Crippen molar-refractivity contribution in [1.29, 1.82) is 0 Å². The molecule has 0 saturated carbocycles. The fraction of sp³-hybridized carbons (Fsp3) is 0.286. The summed E-state index contributed by atoms with van der Waals surface area (Å²) in [4.78, 5) is 14.5. The van der Waals surface area contributed by atoms with Gasteiger partial charge in [-0.1, -0.05) is 6.07 Å². The van der Waals surface area contributed by atoms with Crippen molar-refractivity contribution < 1.29 is 31.8 Å². The minimum Gasteiger partial charge on any atom is -0.435 e. The third-order valence-corrected chi connectivity index (χ3v) is 4.43. The molecule has 1 amide bonds. The van der Waals surface area contributed by atoms with Gasteiger partial charge in [0, 0.05) is 42.2 Å². The maximum atomic E-state index is 12.6. The molecule has 0 atom stereocenters. The number of ether oxygens (including phenoxy) is 2. The van der Waals surface area contributed by atoms with E-state index in [0.29, 0.717) is 5.69 Å². The second-order valence-corrected chi connectivity index (χ2v) is 6.52. The van der Waals surface area contributed by atoms with Gasteiger partial charge in [0.2, 0.25) is 5.91 Å². The second kappa shape index (κ2) is 10.00. The van der Waals surface area contributed by atoms with Crippen LogP contribution in [-0.4, -0.2) is 32.2 Å². The SMILES string of the molecule is O=C(/C=C/c1ccc(OC(F)F)cc1OC(F)F)Nc1cccc(N2CCCC2)c1. The van der Waals surface area contributed by atoms with Crippen LogP contribution in [0, 0.1) is 0 Å².